The van der Waals surface area contributed by atoms with E-state index < -0.39 is 6.10 Å². The van der Waals surface area contributed by atoms with Gasteiger partial charge in [-0.2, -0.15) is 0 Å². The van der Waals surface area contributed by atoms with Crippen LogP contribution in [0.1, 0.15) is 26.2 Å². The monoisotopic (exact) mass is 338 g/mol. The topological polar surface area (TPSA) is 58.6 Å². The minimum Gasteiger partial charge on any atom is -0.481 e. The quantitative estimate of drug-likeness (QED) is 0.875. The zero-order valence-corrected chi connectivity index (χ0v) is 14.3. The second-order valence-electron chi connectivity index (χ2n) is 6.02. The number of carbonyl (C=O) groups excluding carboxylic acids is 2. The average Bonchev–Trinajstić information content (AvgIpc) is 3.06. The van der Waals surface area contributed by atoms with E-state index in [-0.39, 0.29) is 11.8 Å². The van der Waals surface area contributed by atoms with Gasteiger partial charge in [-0.25, -0.2) is 0 Å². The Labute approximate surface area is 147 Å². The third-order valence-corrected chi connectivity index (χ3v) is 4.18. The van der Waals surface area contributed by atoms with Crippen molar-refractivity contribution >= 4 is 23.2 Å². The van der Waals surface area contributed by atoms with Gasteiger partial charge in [-0.3, -0.25) is 9.59 Å². The van der Waals surface area contributed by atoms with Crippen LogP contribution in [0.25, 0.3) is 0 Å². The lowest BCUT2D eigenvalue weighted by molar-refractivity contribution is -0.122. The third-order valence-electron chi connectivity index (χ3n) is 4.18. The van der Waals surface area contributed by atoms with Gasteiger partial charge in [-0.05, 0) is 43.2 Å². The van der Waals surface area contributed by atoms with Crippen LogP contribution in [0.4, 0.5) is 11.4 Å². The van der Waals surface area contributed by atoms with Gasteiger partial charge in [0.15, 0.2) is 6.10 Å². The van der Waals surface area contributed by atoms with E-state index in [4.69, 9.17) is 4.74 Å². The number of anilines is 2. The van der Waals surface area contributed by atoms with Crippen LogP contribution in [0.15, 0.2) is 54.6 Å². The van der Waals surface area contributed by atoms with Crippen LogP contribution < -0.4 is 15.0 Å². The molecule has 0 aromatic heterocycles. The zero-order valence-electron chi connectivity index (χ0n) is 14.3. The molecule has 2 amide bonds. The number of nitrogens with one attached hydrogen (secondary N) is 1. The molecule has 130 valence electrons. The fraction of sp³-hybridized carbons (Fsp3) is 0.300. The lowest BCUT2D eigenvalue weighted by Crippen LogP contribution is -2.32. The predicted octanol–water partition coefficient (Wildman–Crippen LogP) is 3.61. The first-order valence-corrected chi connectivity index (χ1v) is 8.60. The van der Waals surface area contributed by atoms with Gasteiger partial charge < -0.3 is 15.0 Å². The van der Waals surface area contributed by atoms with E-state index in [0.717, 1.165) is 18.7 Å². The molecule has 0 unspecified atom stereocenters. The van der Waals surface area contributed by atoms with Gasteiger partial charge in [-0.1, -0.05) is 31.2 Å². The van der Waals surface area contributed by atoms with E-state index in [1.807, 2.05) is 61.5 Å². The minimum atomic E-state index is -0.570. The second-order valence-corrected chi connectivity index (χ2v) is 6.02. The standard InChI is InChI=1S/C20H22N2O3/c1-2-18(25-17-10-4-3-5-11-17)20(24)21-15-8-6-9-16(14-15)22-13-7-12-19(22)23/h3-6,8-11,14,18H,2,7,12-13H2,1H3,(H,21,24)/t18-/m1/s1. The van der Waals surface area contributed by atoms with Crippen LogP contribution in [0.3, 0.4) is 0 Å². The van der Waals surface area contributed by atoms with Crippen LogP contribution in [-0.4, -0.2) is 24.5 Å². The molecule has 1 fully saturated rings. The first-order chi connectivity index (χ1) is 12.2. The number of nitrogens with zero attached hydrogens (tertiary/aromatic N) is 1. The fourth-order valence-corrected chi connectivity index (χ4v) is 2.88. The molecule has 3 rings (SSSR count). The number of hydrogen-bond acceptors (Lipinski definition) is 3. The summed E-state index contributed by atoms with van der Waals surface area (Å²) in [5.41, 5.74) is 1.48. The molecule has 0 radical (unpaired) electrons. The normalized spacial score (nSPS) is 15.1. The molecular formula is C20H22N2O3. The largest absolute Gasteiger partial charge is 0.481 e. The van der Waals surface area contributed by atoms with E-state index >= 15 is 0 Å². The predicted molar refractivity (Wildman–Crippen MR) is 97.8 cm³/mol. The number of benzene rings is 2. The molecule has 1 N–H and O–H groups in total. The number of ether oxygens (including phenoxy) is 1. The van der Waals surface area contributed by atoms with Crippen molar-refractivity contribution in [2.45, 2.75) is 32.3 Å². The molecule has 1 aliphatic heterocycles. The Kier molecular flexibility index (Phi) is 5.33. The molecule has 5 heteroatoms. The highest BCUT2D eigenvalue weighted by Crippen LogP contribution is 2.24. The van der Waals surface area contributed by atoms with Crippen LogP contribution in [0.2, 0.25) is 0 Å². The van der Waals surface area contributed by atoms with Crippen molar-refractivity contribution in [1.82, 2.24) is 0 Å². The van der Waals surface area contributed by atoms with E-state index in [1.54, 1.807) is 4.90 Å². The SMILES string of the molecule is CC[C@@H](Oc1ccccc1)C(=O)Nc1cccc(N2CCCC2=O)c1. The maximum absolute atomic E-state index is 12.5. The Morgan fingerprint density at radius 1 is 1.20 bits per heavy atom. The van der Waals surface area contributed by atoms with Gasteiger partial charge >= 0.3 is 0 Å². The molecule has 5 nitrogen and oxygen atoms in total. The van der Waals surface area contributed by atoms with E-state index in [2.05, 4.69) is 5.32 Å². The molecule has 1 saturated heterocycles. The van der Waals surface area contributed by atoms with Crippen LogP contribution >= 0.6 is 0 Å². The Morgan fingerprint density at radius 2 is 2.00 bits per heavy atom. The molecular weight excluding hydrogens is 316 g/mol. The van der Waals surface area contributed by atoms with E-state index in [0.29, 0.717) is 24.3 Å². The molecule has 2 aromatic rings. The maximum Gasteiger partial charge on any atom is 0.265 e. The van der Waals surface area contributed by atoms with Crippen LogP contribution in [0.5, 0.6) is 5.75 Å². The summed E-state index contributed by atoms with van der Waals surface area (Å²) >= 11 is 0. The molecule has 1 aliphatic rings. The first kappa shape index (κ1) is 17.0. The molecule has 0 aliphatic carbocycles. The number of amides is 2. The van der Waals surface area contributed by atoms with Crippen molar-refractivity contribution < 1.29 is 14.3 Å². The number of rotatable bonds is 6. The maximum atomic E-state index is 12.5. The molecule has 0 saturated carbocycles. The second kappa shape index (κ2) is 7.83. The summed E-state index contributed by atoms with van der Waals surface area (Å²) in [4.78, 5) is 26.2. The molecule has 0 bridgehead atoms. The molecule has 2 aromatic carbocycles. The summed E-state index contributed by atoms with van der Waals surface area (Å²) in [5, 5.41) is 2.89. The Hall–Kier alpha value is -2.82. The lowest BCUT2D eigenvalue weighted by Gasteiger charge is -2.19. The third kappa shape index (κ3) is 4.18. The molecule has 25 heavy (non-hydrogen) atoms. The van der Waals surface area contributed by atoms with E-state index in [9.17, 15) is 9.59 Å². The Morgan fingerprint density at radius 3 is 2.68 bits per heavy atom. The lowest BCUT2D eigenvalue weighted by atomic mass is 10.2. The van der Waals surface area contributed by atoms with Crippen molar-refractivity contribution in [3.8, 4) is 5.75 Å². The van der Waals surface area contributed by atoms with E-state index in [1.165, 1.54) is 0 Å². The highest BCUT2D eigenvalue weighted by atomic mass is 16.5. The van der Waals surface area contributed by atoms with Gasteiger partial charge in [0.25, 0.3) is 5.91 Å². The van der Waals surface area contributed by atoms with Crippen molar-refractivity contribution in [3.05, 3.63) is 54.6 Å². The van der Waals surface area contributed by atoms with Crippen LogP contribution in [-0.2, 0) is 9.59 Å². The minimum absolute atomic E-state index is 0.127. The van der Waals surface area contributed by atoms with Gasteiger partial charge in [0.05, 0.1) is 0 Å². The molecule has 1 atom stereocenters. The zero-order chi connectivity index (χ0) is 17.6. The average molecular weight is 338 g/mol. The van der Waals surface area contributed by atoms with Gasteiger partial charge in [0.2, 0.25) is 5.91 Å². The number of hydrogen-bond donors (Lipinski definition) is 1. The summed E-state index contributed by atoms with van der Waals surface area (Å²) in [6, 6.07) is 16.7. The van der Waals surface area contributed by atoms with Crippen molar-refractivity contribution in [2.24, 2.45) is 0 Å². The Balaban J connectivity index is 1.68. The van der Waals surface area contributed by atoms with Gasteiger partial charge in [0, 0.05) is 24.3 Å². The summed E-state index contributed by atoms with van der Waals surface area (Å²) in [6.07, 6.45) is 1.45. The summed E-state index contributed by atoms with van der Waals surface area (Å²) in [6.45, 7) is 2.64. The summed E-state index contributed by atoms with van der Waals surface area (Å²) in [7, 11) is 0. The highest BCUT2D eigenvalue weighted by molar-refractivity contribution is 5.98. The first-order valence-electron chi connectivity index (χ1n) is 8.60. The molecule has 1 heterocycles. The van der Waals surface area contributed by atoms with Crippen LogP contribution in [0, 0.1) is 0 Å². The number of para-hydroxylation sites is 1. The fourth-order valence-electron chi connectivity index (χ4n) is 2.88. The van der Waals surface area contributed by atoms with Crippen molar-refractivity contribution in [1.29, 1.82) is 0 Å². The smallest absolute Gasteiger partial charge is 0.265 e. The Bertz CT molecular complexity index is 746. The summed E-state index contributed by atoms with van der Waals surface area (Å²) < 4.78 is 5.77. The highest BCUT2D eigenvalue weighted by Gasteiger charge is 2.23. The van der Waals surface area contributed by atoms with Gasteiger partial charge in [-0.15, -0.1) is 0 Å². The number of carbonyl (C=O) groups is 2. The van der Waals surface area contributed by atoms with Crippen molar-refractivity contribution in [3.63, 3.8) is 0 Å². The van der Waals surface area contributed by atoms with Crippen molar-refractivity contribution in [2.75, 3.05) is 16.8 Å². The van der Waals surface area contributed by atoms with Gasteiger partial charge in [0.1, 0.15) is 5.75 Å². The molecule has 0 spiro atoms. The summed E-state index contributed by atoms with van der Waals surface area (Å²) in [5.74, 6) is 0.597.